The van der Waals surface area contributed by atoms with E-state index in [4.69, 9.17) is 0 Å². The Kier molecular flexibility index (Phi) is 5.00. The summed E-state index contributed by atoms with van der Waals surface area (Å²) in [5.41, 5.74) is 5.19. The summed E-state index contributed by atoms with van der Waals surface area (Å²) in [6.45, 7) is 0.738. The quantitative estimate of drug-likeness (QED) is 0.307. The van der Waals surface area contributed by atoms with Crippen LogP contribution in [0.15, 0.2) is 97.2 Å². The van der Waals surface area contributed by atoms with Gasteiger partial charge in [-0.1, -0.05) is 72.8 Å². The second-order valence-corrected chi connectivity index (χ2v) is 7.73. The summed E-state index contributed by atoms with van der Waals surface area (Å²) < 4.78 is 2.24. The van der Waals surface area contributed by atoms with E-state index in [0.29, 0.717) is 11.1 Å². The Morgan fingerprint density at radius 1 is 0.812 bits per heavy atom. The lowest BCUT2D eigenvalue weighted by Gasteiger charge is -2.09. The smallest absolute Gasteiger partial charge is 0.0998 e. The zero-order chi connectivity index (χ0) is 21.9. The van der Waals surface area contributed by atoms with Crippen LogP contribution in [0.4, 0.5) is 0 Å². The normalized spacial score (nSPS) is 11.4. The van der Waals surface area contributed by atoms with E-state index in [1.54, 1.807) is 12.1 Å². The van der Waals surface area contributed by atoms with Gasteiger partial charge in [0.15, 0.2) is 0 Å². The van der Waals surface area contributed by atoms with Crippen LogP contribution in [0, 0.1) is 22.7 Å². The lowest BCUT2D eigenvalue weighted by molar-refractivity contribution is 0.842. The number of nitrogens with zero attached hydrogens (tertiary/aromatic N) is 3. The topological polar surface area (TPSA) is 52.5 Å². The van der Waals surface area contributed by atoms with Gasteiger partial charge in [-0.25, -0.2) is 0 Å². The highest BCUT2D eigenvalue weighted by atomic mass is 15.0. The number of nitriles is 2. The molecule has 32 heavy (non-hydrogen) atoms. The summed E-state index contributed by atoms with van der Waals surface area (Å²) in [7, 11) is 0. The molecule has 0 unspecified atom stereocenters. The van der Waals surface area contributed by atoms with Crippen LogP contribution in [0.3, 0.4) is 0 Å². The molecule has 1 aromatic heterocycles. The van der Waals surface area contributed by atoms with Crippen molar-refractivity contribution >= 4 is 33.3 Å². The average Bonchev–Trinajstić information content (AvgIpc) is 3.20. The minimum absolute atomic E-state index is 0.537. The third-order valence-corrected chi connectivity index (χ3v) is 5.76. The van der Waals surface area contributed by atoms with Crippen molar-refractivity contribution in [1.82, 2.24) is 4.57 Å². The van der Waals surface area contributed by atoms with Crippen LogP contribution in [0.5, 0.6) is 0 Å². The second kappa shape index (κ2) is 8.26. The maximum Gasteiger partial charge on any atom is 0.0998 e. The van der Waals surface area contributed by atoms with Gasteiger partial charge in [0.2, 0.25) is 0 Å². The van der Waals surface area contributed by atoms with E-state index < -0.39 is 0 Å². The highest BCUT2D eigenvalue weighted by Gasteiger charge is 2.11. The molecule has 0 aliphatic heterocycles. The number of fused-ring (bicyclic) bond motifs is 2. The molecule has 5 aromatic rings. The molecule has 0 atom stereocenters. The molecule has 0 spiro atoms. The van der Waals surface area contributed by atoms with Crippen molar-refractivity contribution in [2.45, 2.75) is 6.54 Å². The highest BCUT2D eigenvalue weighted by Crippen LogP contribution is 2.28. The number of para-hydroxylation sites is 1. The lowest BCUT2D eigenvalue weighted by Crippen LogP contribution is -1.98. The highest BCUT2D eigenvalue weighted by molar-refractivity contribution is 5.98. The molecule has 0 bridgehead atoms. The van der Waals surface area contributed by atoms with Crippen LogP contribution in [-0.4, -0.2) is 4.57 Å². The summed E-state index contributed by atoms with van der Waals surface area (Å²) in [6.07, 6.45) is 4.02. The number of benzene rings is 4. The van der Waals surface area contributed by atoms with Gasteiger partial charge >= 0.3 is 0 Å². The Balaban J connectivity index is 1.62. The molecular weight excluding hydrogens is 390 g/mol. The van der Waals surface area contributed by atoms with Gasteiger partial charge < -0.3 is 4.57 Å². The average molecular weight is 409 g/mol. The van der Waals surface area contributed by atoms with Gasteiger partial charge in [-0.3, -0.25) is 0 Å². The van der Waals surface area contributed by atoms with Crippen molar-refractivity contribution in [3.63, 3.8) is 0 Å². The summed E-state index contributed by atoms with van der Waals surface area (Å²) in [4.78, 5) is 0. The zero-order valence-corrected chi connectivity index (χ0v) is 17.4. The van der Waals surface area contributed by atoms with Crippen LogP contribution in [0.1, 0.15) is 22.3 Å². The molecule has 0 saturated heterocycles. The van der Waals surface area contributed by atoms with E-state index in [9.17, 15) is 10.5 Å². The maximum atomic E-state index is 9.83. The fraction of sp³-hybridized carbons (Fsp3) is 0.0345. The summed E-state index contributed by atoms with van der Waals surface area (Å²) in [5, 5.41) is 22.6. The molecular formula is C29H19N3. The minimum atomic E-state index is 0.537. The standard InChI is InChI=1S/C29H19N3/c30-17-21-7-5-10-23(15-21)25(18-31)16-26-20-32(29-14-4-3-13-28(26)29)19-24-11-6-9-22-8-1-2-12-27(22)24/h1-16,20H,19H2/b25-16+. The minimum Gasteiger partial charge on any atom is -0.342 e. The lowest BCUT2D eigenvalue weighted by atomic mass is 10.0. The van der Waals surface area contributed by atoms with E-state index in [1.807, 2.05) is 30.3 Å². The fourth-order valence-corrected chi connectivity index (χ4v) is 4.23. The predicted octanol–water partition coefficient (Wildman–Crippen LogP) is 6.78. The van der Waals surface area contributed by atoms with Crippen molar-refractivity contribution in [3.05, 3.63) is 119 Å². The Labute approximate surface area is 186 Å². The molecule has 4 aromatic carbocycles. The van der Waals surface area contributed by atoms with E-state index in [0.717, 1.165) is 28.6 Å². The first kappa shape index (κ1) is 19.4. The molecule has 150 valence electrons. The van der Waals surface area contributed by atoms with Crippen molar-refractivity contribution in [3.8, 4) is 12.1 Å². The molecule has 3 heteroatoms. The van der Waals surface area contributed by atoms with Gasteiger partial charge in [0.1, 0.15) is 0 Å². The predicted molar refractivity (Wildman–Crippen MR) is 130 cm³/mol. The first-order valence-corrected chi connectivity index (χ1v) is 10.4. The second-order valence-electron chi connectivity index (χ2n) is 7.73. The first-order chi connectivity index (χ1) is 15.8. The van der Waals surface area contributed by atoms with E-state index in [2.05, 4.69) is 77.5 Å². The maximum absolute atomic E-state index is 9.83. The van der Waals surface area contributed by atoms with Crippen molar-refractivity contribution in [2.24, 2.45) is 0 Å². The molecule has 0 amide bonds. The number of rotatable bonds is 4. The van der Waals surface area contributed by atoms with Gasteiger partial charge in [0.05, 0.1) is 23.3 Å². The van der Waals surface area contributed by atoms with Gasteiger partial charge in [-0.05, 0) is 46.2 Å². The van der Waals surface area contributed by atoms with Crippen molar-refractivity contribution < 1.29 is 0 Å². The number of hydrogen-bond acceptors (Lipinski definition) is 2. The Bertz CT molecular complexity index is 1570. The molecule has 0 aliphatic carbocycles. The molecule has 0 aliphatic rings. The van der Waals surface area contributed by atoms with Gasteiger partial charge in [0, 0.05) is 29.2 Å². The van der Waals surface area contributed by atoms with Crippen LogP contribution in [0.25, 0.3) is 33.3 Å². The molecule has 0 N–H and O–H groups in total. The van der Waals surface area contributed by atoms with Gasteiger partial charge in [-0.2, -0.15) is 10.5 Å². The Hall–Kier alpha value is -4.60. The molecule has 1 heterocycles. The fourth-order valence-electron chi connectivity index (χ4n) is 4.23. The largest absolute Gasteiger partial charge is 0.342 e. The number of allylic oxidation sites excluding steroid dienone is 1. The third-order valence-electron chi connectivity index (χ3n) is 5.76. The van der Waals surface area contributed by atoms with Gasteiger partial charge in [0.25, 0.3) is 0 Å². The molecule has 3 nitrogen and oxygen atoms in total. The SMILES string of the molecule is N#C/C(=C\c1cn(Cc2cccc3ccccc23)c2ccccc12)c1cccc(C#N)c1. The van der Waals surface area contributed by atoms with Crippen LogP contribution >= 0.6 is 0 Å². The number of hydrogen-bond donors (Lipinski definition) is 0. The molecule has 5 rings (SSSR count). The van der Waals surface area contributed by atoms with Crippen LogP contribution in [-0.2, 0) is 6.54 Å². The van der Waals surface area contributed by atoms with Crippen molar-refractivity contribution in [1.29, 1.82) is 10.5 Å². The molecule has 0 radical (unpaired) electrons. The Morgan fingerprint density at radius 2 is 1.56 bits per heavy atom. The van der Waals surface area contributed by atoms with Gasteiger partial charge in [-0.15, -0.1) is 0 Å². The van der Waals surface area contributed by atoms with E-state index in [-0.39, 0.29) is 0 Å². The Morgan fingerprint density at radius 3 is 2.41 bits per heavy atom. The van der Waals surface area contributed by atoms with Crippen LogP contribution in [0.2, 0.25) is 0 Å². The first-order valence-electron chi connectivity index (χ1n) is 10.4. The van der Waals surface area contributed by atoms with E-state index >= 15 is 0 Å². The third kappa shape index (κ3) is 3.54. The summed E-state index contributed by atoms with van der Waals surface area (Å²) in [5.74, 6) is 0. The van der Waals surface area contributed by atoms with Crippen LogP contribution < -0.4 is 0 Å². The summed E-state index contributed by atoms with van der Waals surface area (Å²) >= 11 is 0. The monoisotopic (exact) mass is 409 g/mol. The molecule has 0 fully saturated rings. The molecule has 0 saturated carbocycles. The number of aromatic nitrogens is 1. The summed E-state index contributed by atoms with van der Waals surface area (Å²) in [6, 6.07) is 34.7. The van der Waals surface area contributed by atoms with Crippen molar-refractivity contribution in [2.75, 3.05) is 0 Å². The van der Waals surface area contributed by atoms with E-state index in [1.165, 1.54) is 16.3 Å². The zero-order valence-electron chi connectivity index (χ0n) is 17.4.